The largest absolute Gasteiger partial charge is 0.392 e. The second kappa shape index (κ2) is 18.5. The smallest absolute Gasteiger partial charge is 0.169 e. The molecule has 6 nitrogen and oxygen atoms in total. The predicted octanol–water partition coefficient (Wildman–Crippen LogP) is 3.91. The summed E-state index contributed by atoms with van der Waals surface area (Å²) in [4.78, 5) is 6.18. The highest BCUT2D eigenvalue weighted by atomic mass is 16.3. The molecule has 3 N–H and O–H groups in total. The second-order valence-electron chi connectivity index (χ2n) is 7.78. The van der Waals surface area contributed by atoms with Crippen LogP contribution in [0.3, 0.4) is 0 Å². The quantitative estimate of drug-likeness (QED) is 0.477. The van der Waals surface area contributed by atoms with Crippen molar-refractivity contribution in [3.63, 3.8) is 0 Å². The Hall–Kier alpha value is -2.12. The molecule has 32 heavy (non-hydrogen) atoms. The maximum atomic E-state index is 8.83. The predicted molar refractivity (Wildman–Crippen MR) is 133 cm³/mol. The van der Waals surface area contributed by atoms with Crippen molar-refractivity contribution in [1.82, 2.24) is 9.88 Å². The van der Waals surface area contributed by atoms with Crippen molar-refractivity contribution in [2.45, 2.75) is 74.3 Å². The molecule has 3 heterocycles. The average molecular weight is 449 g/mol. The van der Waals surface area contributed by atoms with Gasteiger partial charge in [0.15, 0.2) is 18.4 Å². The maximum Gasteiger partial charge on any atom is 0.169 e. The van der Waals surface area contributed by atoms with E-state index in [0.717, 1.165) is 30.6 Å². The van der Waals surface area contributed by atoms with E-state index in [1.165, 1.54) is 5.57 Å². The molecule has 182 valence electrons. The zero-order chi connectivity index (χ0) is 22.4. The molecule has 0 radical (unpaired) electrons. The van der Waals surface area contributed by atoms with Gasteiger partial charge in [-0.15, -0.1) is 0 Å². The van der Waals surface area contributed by atoms with E-state index >= 15 is 0 Å². The van der Waals surface area contributed by atoms with Gasteiger partial charge >= 0.3 is 0 Å². The lowest BCUT2D eigenvalue weighted by Crippen LogP contribution is -2.35. The summed E-state index contributed by atoms with van der Waals surface area (Å²) in [6.07, 6.45) is 10.5. The third-order valence-corrected chi connectivity index (χ3v) is 4.90. The highest BCUT2D eigenvalue weighted by Crippen LogP contribution is 2.11. The molecule has 0 atom stereocenters. The van der Waals surface area contributed by atoms with Crippen molar-refractivity contribution in [3.8, 4) is 0 Å². The van der Waals surface area contributed by atoms with Crippen LogP contribution in [0.2, 0.25) is 0 Å². The zero-order valence-electron chi connectivity index (χ0n) is 18.8. The Labute approximate surface area is 195 Å². The van der Waals surface area contributed by atoms with Gasteiger partial charge in [0, 0.05) is 43.7 Å². The lowest BCUT2D eigenvalue weighted by Gasteiger charge is -2.29. The van der Waals surface area contributed by atoms with Crippen molar-refractivity contribution in [1.29, 1.82) is 0 Å². The molecule has 0 fully saturated rings. The maximum absolute atomic E-state index is 8.83. The summed E-state index contributed by atoms with van der Waals surface area (Å²) in [6, 6.07) is 8.54. The number of nitrogens with zero attached hydrogens (tertiary/aromatic N) is 3. The molecule has 3 rings (SSSR count). The average Bonchev–Trinajstić information content (AvgIpc) is 2.80. The first-order valence-corrected chi connectivity index (χ1v) is 10.5. The lowest BCUT2D eigenvalue weighted by molar-refractivity contribution is -0.716. The van der Waals surface area contributed by atoms with Gasteiger partial charge < -0.3 is 15.3 Å². The zero-order valence-corrected chi connectivity index (χ0v) is 18.8. The van der Waals surface area contributed by atoms with Gasteiger partial charge in [0.2, 0.25) is 0 Å². The lowest BCUT2D eigenvalue weighted by atomic mass is 10.1. The Morgan fingerprint density at radius 1 is 0.875 bits per heavy atom. The van der Waals surface area contributed by atoms with Crippen molar-refractivity contribution >= 4 is 0 Å². The van der Waals surface area contributed by atoms with Gasteiger partial charge in [-0.1, -0.05) is 20.9 Å². The van der Waals surface area contributed by atoms with Crippen LogP contribution in [0.5, 0.6) is 0 Å². The number of aliphatic hydroxyl groups is 3. The Balaban J connectivity index is 0. The van der Waals surface area contributed by atoms with Crippen LogP contribution in [0.4, 0.5) is 0 Å². The van der Waals surface area contributed by atoms with Gasteiger partial charge in [0.25, 0.3) is 0 Å². The summed E-state index contributed by atoms with van der Waals surface area (Å²) in [5.41, 5.74) is 3.06. The minimum absolute atomic E-state index is 0. The van der Waals surface area contributed by atoms with E-state index in [1.807, 2.05) is 24.5 Å². The highest BCUT2D eigenvalue weighted by Gasteiger charge is 2.12. The number of pyridine rings is 2. The Kier molecular flexibility index (Phi) is 18.5. The highest BCUT2D eigenvalue weighted by molar-refractivity contribution is 5.08. The molecule has 0 aromatic carbocycles. The fraction of sp³-hybridized carbons (Fsp3) is 0.538. The van der Waals surface area contributed by atoms with Crippen LogP contribution in [-0.2, 0) is 13.2 Å². The molecule has 0 saturated heterocycles. The van der Waals surface area contributed by atoms with E-state index in [0.29, 0.717) is 12.1 Å². The van der Waals surface area contributed by atoms with Crippen LogP contribution in [0.1, 0.15) is 66.1 Å². The monoisotopic (exact) mass is 448 g/mol. The SMILES string of the molecule is C.C.CC(C)N1CC=C(CO)CC1.CC(C)[n+]1ccc(CO)cc1.OCc1ccncc1. The summed E-state index contributed by atoms with van der Waals surface area (Å²) in [7, 11) is 0. The molecule has 0 saturated carbocycles. The van der Waals surface area contributed by atoms with E-state index in [4.69, 9.17) is 15.3 Å². The second-order valence-corrected chi connectivity index (χ2v) is 7.78. The Morgan fingerprint density at radius 2 is 1.41 bits per heavy atom. The van der Waals surface area contributed by atoms with Gasteiger partial charge in [-0.2, -0.15) is 0 Å². The van der Waals surface area contributed by atoms with E-state index in [2.05, 4.69) is 48.2 Å². The van der Waals surface area contributed by atoms with Crippen LogP contribution in [0.15, 0.2) is 60.7 Å². The van der Waals surface area contributed by atoms with Gasteiger partial charge in [0.1, 0.15) is 0 Å². The van der Waals surface area contributed by atoms with Crippen LogP contribution in [-0.4, -0.2) is 50.9 Å². The number of hydrogen-bond donors (Lipinski definition) is 3. The Bertz CT molecular complexity index is 717. The Morgan fingerprint density at radius 3 is 1.75 bits per heavy atom. The molecule has 1 aliphatic heterocycles. The summed E-state index contributed by atoms with van der Waals surface area (Å²) < 4.78 is 2.10. The van der Waals surface area contributed by atoms with Crippen molar-refractivity contribution < 1.29 is 19.9 Å². The van der Waals surface area contributed by atoms with E-state index in [1.54, 1.807) is 24.5 Å². The van der Waals surface area contributed by atoms with Crippen molar-refractivity contribution in [2.75, 3.05) is 19.7 Å². The van der Waals surface area contributed by atoms with E-state index < -0.39 is 0 Å². The van der Waals surface area contributed by atoms with Gasteiger partial charge in [0.05, 0.1) is 19.8 Å². The molecule has 0 amide bonds. The van der Waals surface area contributed by atoms with Crippen molar-refractivity contribution in [2.24, 2.45) is 0 Å². The molecule has 2 aromatic rings. The summed E-state index contributed by atoms with van der Waals surface area (Å²) in [6.45, 7) is 11.2. The summed E-state index contributed by atoms with van der Waals surface area (Å²) >= 11 is 0. The standard InChI is InChI=1S/C9H17NO.C9H14NO.C6H7NO.2CH4/c2*1-8(2)10-5-3-9(7-11)4-6-10;8-5-6-1-3-7-4-2-6;;/h3,8,11H,4-7H2,1-2H3;3-6,8,11H,7H2,1-2H3;1-4,8H,5H2;2*1H4/q;+1;;;. The number of rotatable bonds is 5. The molecule has 0 spiro atoms. The molecular weight excluding hydrogens is 402 g/mol. The number of aromatic nitrogens is 2. The topological polar surface area (TPSA) is 80.7 Å². The van der Waals surface area contributed by atoms with Crippen molar-refractivity contribution in [3.05, 3.63) is 71.8 Å². The summed E-state index contributed by atoms with van der Waals surface area (Å²) in [5.74, 6) is 0. The van der Waals surface area contributed by atoms with Crippen LogP contribution < -0.4 is 4.57 Å². The van der Waals surface area contributed by atoms with Crippen LogP contribution in [0.25, 0.3) is 0 Å². The first-order valence-electron chi connectivity index (χ1n) is 10.5. The summed E-state index contributed by atoms with van der Waals surface area (Å²) in [5, 5.41) is 26.1. The third-order valence-electron chi connectivity index (χ3n) is 4.90. The third kappa shape index (κ3) is 12.7. The fourth-order valence-electron chi connectivity index (χ4n) is 2.75. The fourth-order valence-corrected chi connectivity index (χ4v) is 2.75. The van der Waals surface area contributed by atoms with Gasteiger partial charge in [-0.05, 0) is 62.9 Å². The normalized spacial score (nSPS) is 13.0. The first-order chi connectivity index (χ1) is 14.4. The molecule has 0 unspecified atom stereocenters. The molecule has 0 bridgehead atoms. The van der Waals surface area contributed by atoms with Gasteiger partial charge in [-0.25, -0.2) is 4.57 Å². The number of aliphatic hydroxyl groups excluding tert-OH is 3. The van der Waals surface area contributed by atoms with E-state index in [-0.39, 0.29) is 34.7 Å². The molecule has 0 aliphatic carbocycles. The molecule has 1 aliphatic rings. The minimum atomic E-state index is 0. The molecular formula is C26H46N3O3+. The first kappa shape index (κ1) is 32.1. The van der Waals surface area contributed by atoms with Gasteiger partial charge in [-0.3, -0.25) is 9.88 Å². The molecule has 2 aromatic heterocycles. The van der Waals surface area contributed by atoms with Crippen LogP contribution in [0, 0.1) is 0 Å². The van der Waals surface area contributed by atoms with E-state index in [9.17, 15) is 0 Å². The molecule has 6 heteroatoms. The van der Waals surface area contributed by atoms with Crippen LogP contribution >= 0.6 is 0 Å². The number of hydrogen-bond acceptors (Lipinski definition) is 5. The minimum Gasteiger partial charge on any atom is -0.392 e.